The number of hydrogen-bond donors (Lipinski definition) is 1. The van der Waals surface area contributed by atoms with Crippen molar-refractivity contribution in [1.29, 1.82) is 0 Å². The van der Waals surface area contributed by atoms with Gasteiger partial charge in [-0.05, 0) is 43.4 Å². The molecule has 3 nitrogen and oxygen atoms in total. The minimum atomic E-state index is 0.121. The third kappa shape index (κ3) is 4.58. The Morgan fingerprint density at radius 1 is 1.26 bits per heavy atom. The van der Waals surface area contributed by atoms with E-state index in [-0.39, 0.29) is 5.91 Å². The quantitative estimate of drug-likeness (QED) is 0.855. The summed E-state index contributed by atoms with van der Waals surface area (Å²) in [5.41, 5.74) is 1.03. The van der Waals surface area contributed by atoms with E-state index in [0.29, 0.717) is 18.9 Å². The third-order valence-corrected chi connectivity index (χ3v) is 3.66. The topological polar surface area (TPSA) is 38.3 Å². The SMILES string of the molecule is CCOc1ccc(CC(=O)NCC2CCCC2)cc1. The molecule has 1 aromatic rings. The lowest BCUT2D eigenvalue weighted by Gasteiger charge is -2.10. The fraction of sp³-hybridized carbons (Fsp3) is 0.562. The minimum absolute atomic E-state index is 0.121. The Labute approximate surface area is 115 Å². The van der Waals surface area contributed by atoms with Gasteiger partial charge in [0, 0.05) is 6.54 Å². The molecule has 104 valence electrons. The van der Waals surface area contributed by atoms with Gasteiger partial charge in [-0.25, -0.2) is 0 Å². The summed E-state index contributed by atoms with van der Waals surface area (Å²) in [5, 5.41) is 3.04. The van der Waals surface area contributed by atoms with Crippen LogP contribution in [0.4, 0.5) is 0 Å². The highest BCUT2D eigenvalue weighted by Crippen LogP contribution is 2.23. The van der Waals surface area contributed by atoms with Crippen LogP contribution in [0.2, 0.25) is 0 Å². The van der Waals surface area contributed by atoms with Gasteiger partial charge in [0.05, 0.1) is 13.0 Å². The number of carbonyl (C=O) groups is 1. The van der Waals surface area contributed by atoms with Gasteiger partial charge in [0.1, 0.15) is 5.75 Å². The smallest absolute Gasteiger partial charge is 0.224 e. The molecule has 0 heterocycles. The van der Waals surface area contributed by atoms with Crippen molar-refractivity contribution in [1.82, 2.24) is 5.32 Å². The Bertz CT molecular complexity index is 394. The zero-order chi connectivity index (χ0) is 13.5. The molecule has 0 radical (unpaired) electrons. The van der Waals surface area contributed by atoms with Gasteiger partial charge in [-0.1, -0.05) is 25.0 Å². The second-order valence-electron chi connectivity index (χ2n) is 5.21. The van der Waals surface area contributed by atoms with E-state index in [1.165, 1.54) is 25.7 Å². The summed E-state index contributed by atoms with van der Waals surface area (Å²) in [6.07, 6.45) is 5.63. The largest absolute Gasteiger partial charge is 0.494 e. The zero-order valence-corrected chi connectivity index (χ0v) is 11.7. The van der Waals surface area contributed by atoms with Crippen LogP contribution in [-0.2, 0) is 11.2 Å². The maximum absolute atomic E-state index is 11.8. The molecule has 3 heteroatoms. The number of nitrogens with one attached hydrogen (secondary N) is 1. The third-order valence-electron chi connectivity index (χ3n) is 3.66. The summed E-state index contributed by atoms with van der Waals surface area (Å²) >= 11 is 0. The lowest BCUT2D eigenvalue weighted by molar-refractivity contribution is -0.120. The molecule has 1 amide bonds. The summed E-state index contributed by atoms with van der Waals surface area (Å²) < 4.78 is 5.38. The fourth-order valence-electron chi connectivity index (χ4n) is 2.59. The van der Waals surface area contributed by atoms with Crippen molar-refractivity contribution < 1.29 is 9.53 Å². The van der Waals surface area contributed by atoms with Crippen LogP contribution in [0.1, 0.15) is 38.2 Å². The molecule has 2 rings (SSSR count). The molecule has 0 spiro atoms. The van der Waals surface area contributed by atoms with Crippen molar-refractivity contribution in [3.05, 3.63) is 29.8 Å². The van der Waals surface area contributed by atoms with Gasteiger partial charge in [-0.3, -0.25) is 4.79 Å². The first-order chi connectivity index (χ1) is 9.28. The van der Waals surface area contributed by atoms with Gasteiger partial charge in [-0.15, -0.1) is 0 Å². The van der Waals surface area contributed by atoms with Crippen LogP contribution in [0.25, 0.3) is 0 Å². The van der Waals surface area contributed by atoms with Crippen molar-refractivity contribution in [2.45, 2.75) is 39.0 Å². The van der Waals surface area contributed by atoms with E-state index in [2.05, 4.69) is 5.32 Å². The molecule has 1 fully saturated rings. The highest BCUT2D eigenvalue weighted by molar-refractivity contribution is 5.78. The van der Waals surface area contributed by atoms with Gasteiger partial charge in [0.25, 0.3) is 0 Å². The molecule has 0 saturated heterocycles. The molecular formula is C16H23NO2. The number of hydrogen-bond acceptors (Lipinski definition) is 2. The maximum atomic E-state index is 11.8. The Balaban J connectivity index is 1.74. The first-order valence-corrected chi connectivity index (χ1v) is 7.26. The molecule has 0 aliphatic heterocycles. The predicted molar refractivity (Wildman–Crippen MR) is 76.3 cm³/mol. The molecule has 19 heavy (non-hydrogen) atoms. The molecule has 0 atom stereocenters. The lowest BCUT2D eigenvalue weighted by atomic mass is 10.1. The standard InChI is InChI=1S/C16H23NO2/c1-2-19-15-9-7-13(8-10-15)11-16(18)17-12-14-5-3-4-6-14/h7-10,14H,2-6,11-12H2,1H3,(H,17,18). The predicted octanol–water partition coefficient (Wildman–Crippen LogP) is 2.93. The van der Waals surface area contributed by atoms with Gasteiger partial charge >= 0.3 is 0 Å². The van der Waals surface area contributed by atoms with Crippen molar-refractivity contribution in [2.24, 2.45) is 5.92 Å². The van der Waals surface area contributed by atoms with Gasteiger partial charge < -0.3 is 10.1 Å². The van der Waals surface area contributed by atoms with Crippen LogP contribution >= 0.6 is 0 Å². The molecule has 1 aliphatic rings. The van der Waals surface area contributed by atoms with Crippen molar-refractivity contribution >= 4 is 5.91 Å². The first-order valence-electron chi connectivity index (χ1n) is 7.26. The summed E-state index contributed by atoms with van der Waals surface area (Å²) in [5.74, 6) is 1.68. The average molecular weight is 261 g/mol. The Hall–Kier alpha value is -1.51. The lowest BCUT2D eigenvalue weighted by Crippen LogP contribution is -2.29. The van der Waals surface area contributed by atoms with Gasteiger partial charge in [-0.2, -0.15) is 0 Å². The van der Waals surface area contributed by atoms with Crippen LogP contribution in [0.5, 0.6) is 5.75 Å². The average Bonchev–Trinajstić information content (AvgIpc) is 2.92. The second-order valence-corrected chi connectivity index (χ2v) is 5.21. The molecule has 0 unspecified atom stereocenters. The molecule has 0 bridgehead atoms. The van der Waals surface area contributed by atoms with E-state index in [9.17, 15) is 4.79 Å². The Morgan fingerprint density at radius 3 is 2.58 bits per heavy atom. The molecule has 1 aliphatic carbocycles. The summed E-state index contributed by atoms with van der Waals surface area (Å²) in [7, 11) is 0. The number of carbonyl (C=O) groups excluding carboxylic acids is 1. The fourth-order valence-corrected chi connectivity index (χ4v) is 2.59. The minimum Gasteiger partial charge on any atom is -0.494 e. The molecular weight excluding hydrogens is 238 g/mol. The van der Waals surface area contributed by atoms with E-state index in [1.54, 1.807) is 0 Å². The van der Waals surface area contributed by atoms with E-state index in [0.717, 1.165) is 17.9 Å². The van der Waals surface area contributed by atoms with Crippen LogP contribution in [-0.4, -0.2) is 19.1 Å². The molecule has 1 N–H and O–H groups in total. The Morgan fingerprint density at radius 2 is 1.95 bits per heavy atom. The number of benzene rings is 1. The summed E-state index contributed by atoms with van der Waals surface area (Å²) in [6.45, 7) is 3.47. The molecule has 1 aromatic carbocycles. The monoisotopic (exact) mass is 261 g/mol. The number of amides is 1. The van der Waals surface area contributed by atoms with Crippen LogP contribution < -0.4 is 10.1 Å². The summed E-state index contributed by atoms with van der Waals surface area (Å²) in [6, 6.07) is 7.76. The zero-order valence-electron chi connectivity index (χ0n) is 11.7. The Kier molecular flexibility index (Phi) is 5.25. The van der Waals surface area contributed by atoms with Gasteiger partial charge in [0.15, 0.2) is 0 Å². The van der Waals surface area contributed by atoms with E-state index >= 15 is 0 Å². The maximum Gasteiger partial charge on any atom is 0.224 e. The van der Waals surface area contributed by atoms with E-state index in [4.69, 9.17) is 4.74 Å². The van der Waals surface area contributed by atoms with E-state index in [1.807, 2.05) is 31.2 Å². The second kappa shape index (κ2) is 7.17. The van der Waals surface area contributed by atoms with Gasteiger partial charge in [0.2, 0.25) is 5.91 Å². The van der Waals surface area contributed by atoms with E-state index < -0.39 is 0 Å². The molecule has 1 saturated carbocycles. The number of rotatable bonds is 6. The number of ether oxygens (including phenoxy) is 1. The first kappa shape index (κ1) is 13.9. The highest BCUT2D eigenvalue weighted by atomic mass is 16.5. The summed E-state index contributed by atoms with van der Waals surface area (Å²) in [4.78, 5) is 11.8. The highest BCUT2D eigenvalue weighted by Gasteiger charge is 2.15. The molecule has 0 aromatic heterocycles. The van der Waals surface area contributed by atoms with Crippen molar-refractivity contribution in [2.75, 3.05) is 13.2 Å². The van der Waals surface area contributed by atoms with Crippen molar-refractivity contribution in [3.63, 3.8) is 0 Å². The van der Waals surface area contributed by atoms with Crippen LogP contribution in [0, 0.1) is 5.92 Å². The van der Waals surface area contributed by atoms with Crippen LogP contribution in [0.15, 0.2) is 24.3 Å². The normalized spacial score (nSPS) is 15.4. The van der Waals surface area contributed by atoms with Crippen LogP contribution in [0.3, 0.4) is 0 Å². The van der Waals surface area contributed by atoms with Crippen molar-refractivity contribution in [3.8, 4) is 5.75 Å².